The van der Waals surface area contributed by atoms with Crippen molar-refractivity contribution in [3.8, 4) is 0 Å². The summed E-state index contributed by atoms with van der Waals surface area (Å²) < 4.78 is 56.3. The molecule has 0 amide bonds. The Morgan fingerprint density at radius 2 is 2.05 bits per heavy atom. The highest BCUT2D eigenvalue weighted by Crippen LogP contribution is 2.29. The van der Waals surface area contributed by atoms with E-state index in [1.807, 2.05) is 6.92 Å². The number of rotatable bonds is 4. The van der Waals surface area contributed by atoms with Crippen molar-refractivity contribution >= 4 is 9.84 Å². The second kappa shape index (κ2) is 6.06. The standard InChI is InChI=1S/C15H23NO2S/c1-3-9-16-10-7-13(8-11-16)14-5-4-6-15(12-14)19(2,17)18/h4-6,12-13H,3,7-11H2,1-2H3/i10D2,11D2. The fourth-order valence-electron chi connectivity index (χ4n) is 2.19. The first-order valence-corrected chi connectivity index (χ1v) is 8.44. The first-order chi connectivity index (χ1) is 10.5. The molecule has 0 radical (unpaired) electrons. The van der Waals surface area contributed by atoms with Crippen LogP contribution in [0.2, 0.25) is 0 Å². The van der Waals surface area contributed by atoms with E-state index in [1.165, 1.54) is 11.0 Å². The van der Waals surface area contributed by atoms with Crippen molar-refractivity contribution in [3.63, 3.8) is 0 Å². The lowest BCUT2D eigenvalue weighted by Gasteiger charge is -2.32. The van der Waals surface area contributed by atoms with Crippen LogP contribution in [0.1, 0.15) is 43.2 Å². The quantitative estimate of drug-likeness (QED) is 0.853. The van der Waals surface area contributed by atoms with Crippen LogP contribution in [-0.4, -0.2) is 39.1 Å². The maximum absolute atomic E-state index is 11.7. The van der Waals surface area contributed by atoms with E-state index < -0.39 is 22.8 Å². The third-order valence-corrected chi connectivity index (χ3v) is 4.37. The Bertz CT molecular complexity index is 658. The molecule has 1 aliphatic rings. The summed E-state index contributed by atoms with van der Waals surface area (Å²) in [5.74, 6) is -0.352. The van der Waals surface area contributed by atoms with Crippen molar-refractivity contribution in [3.05, 3.63) is 29.8 Å². The summed E-state index contributed by atoms with van der Waals surface area (Å²) in [6.07, 6.45) is 2.11. The number of piperidine rings is 1. The summed E-state index contributed by atoms with van der Waals surface area (Å²) in [6, 6.07) is 6.44. The Hall–Kier alpha value is -0.870. The van der Waals surface area contributed by atoms with E-state index in [0.29, 0.717) is 18.5 Å². The molecule has 0 aliphatic carbocycles. The van der Waals surface area contributed by atoms with Gasteiger partial charge in [-0.3, -0.25) is 0 Å². The highest BCUT2D eigenvalue weighted by Gasteiger charge is 2.20. The molecule has 0 spiro atoms. The van der Waals surface area contributed by atoms with Gasteiger partial charge in [-0.25, -0.2) is 8.42 Å². The van der Waals surface area contributed by atoms with Crippen LogP contribution in [0.4, 0.5) is 0 Å². The van der Waals surface area contributed by atoms with Crippen molar-refractivity contribution in [2.45, 2.75) is 37.0 Å². The van der Waals surface area contributed by atoms with Crippen LogP contribution in [-0.2, 0) is 9.84 Å². The average Bonchev–Trinajstić information content (AvgIpc) is 2.41. The molecule has 1 saturated heterocycles. The minimum absolute atomic E-state index is 0.153. The summed E-state index contributed by atoms with van der Waals surface area (Å²) in [6.45, 7) is -1.27. The zero-order valence-corrected chi connectivity index (χ0v) is 12.2. The normalized spacial score (nSPS) is 27.1. The number of sulfone groups is 1. The molecule has 0 aromatic heterocycles. The van der Waals surface area contributed by atoms with Crippen LogP contribution >= 0.6 is 0 Å². The molecule has 0 saturated carbocycles. The lowest BCUT2D eigenvalue weighted by Crippen LogP contribution is -2.33. The third kappa shape index (κ3) is 3.80. The second-order valence-electron chi connectivity index (χ2n) is 4.92. The van der Waals surface area contributed by atoms with Crippen LogP contribution in [0.15, 0.2) is 29.2 Å². The van der Waals surface area contributed by atoms with Crippen LogP contribution in [0.25, 0.3) is 0 Å². The number of hydrogen-bond donors (Lipinski definition) is 0. The smallest absolute Gasteiger partial charge is 0.175 e. The van der Waals surface area contributed by atoms with Crippen LogP contribution in [0, 0.1) is 0 Å². The van der Waals surface area contributed by atoms with Gasteiger partial charge in [0.2, 0.25) is 0 Å². The minimum atomic E-state index is -3.34. The van der Waals surface area contributed by atoms with Crippen molar-refractivity contribution in [1.82, 2.24) is 4.90 Å². The van der Waals surface area contributed by atoms with Crippen LogP contribution < -0.4 is 0 Å². The van der Waals surface area contributed by atoms with Gasteiger partial charge in [-0.05, 0) is 62.4 Å². The highest BCUT2D eigenvalue weighted by atomic mass is 32.2. The maximum atomic E-state index is 11.7. The molecule has 2 rings (SSSR count). The van der Waals surface area contributed by atoms with Crippen molar-refractivity contribution in [2.75, 3.05) is 25.8 Å². The van der Waals surface area contributed by atoms with Crippen LogP contribution in [0.5, 0.6) is 0 Å². The number of nitrogens with zero attached hydrogens (tertiary/aromatic N) is 1. The van der Waals surface area contributed by atoms with E-state index in [1.54, 1.807) is 18.2 Å². The molecule has 0 N–H and O–H groups in total. The van der Waals surface area contributed by atoms with E-state index in [2.05, 4.69) is 0 Å². The van der Waals surface area contributed by atoms with Gasteiger partial charge in [0.1, 0.15) is 0 Å². The molecule has 3 nitrogen and oxygen atoms in total. The van der Waals surface area contributed by atoms with E-state index in [9.17, 15) is 8.42 Å². The molecule has 19 heavy (non-hydrogen) atoms. The van der Waals surface area contributed by atoms with E-state index in [0.717, 1.165) is 6.26 Å². The molecule has 1 aromatic rings. The predicted octanol–water partition coefficient (Wildman–Crippen LogP) is 2.68. The second-order valence-corrected chi connectivity index (χ2v) is 6.93. The molecule has 0 bridgehead atoms. The average molecular weight is 285 g/mol. The summed E-state index contributed by atoms with van der Waals surface area (Å²) >= 11 is 0. The fourth-order valence-corrected chi connectivity index (χ4v) is 2.86. The summed E-state index contributed by atoms with van der Waals surface area (Å²) in [4.78, 5) is 1.48. The fraction of sp³-hybridized carbons (Fsp3) is 0.600. The first-order valence-electron chi connectivity index (χ1n) is 8.55. The predicted molar refractivity (Wildman–Crippen MR) is 78.3 cm³/mol. The first kappa shape index (κ1) is 9.94. The summed E-state index contributed by atoms with van der Waals surface area (Å²) in [7, 11) is -3.34. The zero-order valence-electron chi connectivity index (χ0n) is 15.4. The molecule has 4 heteroatoms. The van der Waals surface area contributed by atoms with E-state index in [-0.39, 0.29) is 23.7 Å². The molecule has 0 unspecified atom stereocenters. The summed E-state index contributed by atoms with van der Waals surface area (Å²) in [5, 5.41) is 0. The van der Waals surface area contributed by atoms with Crippen molar-refractivity contribution in [2.24, 2.45) is 0 Å². The molecule has 106 valence electrons. The van der Waals surface area contributed by atoms with Gasteiger partial charge in [0.05, 0.1) is 4.90 Å². The number of hydrogen-bond acceptors (Lipinski definition) is 3. The van der Waals surface area contributed by atoms with Gasteiger partial charge in [0, 0.05) is 11.7 Å². The minimum Gasteiger partial charge on any atom is -0.303 e. The van der Waals surface area contributed by atoms with Gasteiger partial charge in [-0.2, -0.15) is 0 Å². The van der Waals surface area contributed by atoms with Crippen molar-refractivity contribution in [1.29, 1.82) is 0 Å². The molecule has 1 fully saturated rings. The summed E-state index contributed by atoms with van der Waals surface area (Å²) in [5.41, 5.74) is 0.678. The molecular weight excluding hydrogens is 258 g/mol. The molecule has 1 heterocycles. The monoisotopic (exact) mass is 285 g/mol. The van der Waals surface area contributed by atoms with Crippen LogP contribution in [0.3, 0.4) is 0 Å². The Balaban J connectivity index is 2.36. The molecule has 1 aliphatic heterocycles. The zero-order chi connectivity index (χ0) is 17.5. The number of benzene rings is 1. The van der Waals surface area contributed by atoms with Gasteiger partial charge in [0.15, 0.2) is 9.84 Å². The topological polar surface area (TPSA) is 37.4 Å². The molecule has 0 atom stereocenters. The molecule has 1 aromatic carbocycles. The van der Waals surface area contributed by atoms with Gasteiger partial charge >= 0.3 is 0 Å². The Labute approximate surface area is 122 Å². The lowest BCUT2D eigenvalue weighted by atomic mass is 9.89. The van der Waals surface area contributed by atoms with Gasteiger partial charge in [-0.15, -0.1) is 0 Å². The third-order valence-electron chi connectivity index (χ3n) is 3.26. The van der Waals surface area contributed by atoms with Gasteiger partial charge in [0.25, 0.3) is 0 Å². The Kier molecular flexibility index (Phi) is 3.17. The van der Waals surface area contributed by atoms with Gasteiger partial charge in [-0.1, -0.05) is 19.1 Å². The maximum Gasteiger partial charge on any atom is 0.175 e. The SMILES string of the molecule is [2H]C1([2H])CC(c2cccc(S(C)(=O)=O)c2)CC([2H])([2H])N1CCC. The molecular formula is C15H23NO2S. The van der Waals surface area contributed by atoms with E-state index >= 15 is 0 Å². The highest BCUT2D eigenvalue weighted by molar-refractivity contribution is 7.90. The largest absolute Gasteiger partial charge is 0.303 e. The Morgan fingerprint density at radius 3 is 2.63 bits per heavy atom. The lowest BCUT2D eigenvalue weighted by molar-refractivity contribution is 0.212. The Morgan fingerprint density at radius 1 is 1.37 bits per heavy atom. The number of likely N-dealkylation sites (tertiary alicyclic amines) is 1. The van der Waals surface area contributed by atoms with E-state index in [4.69, 9.17) is 5.48 Å². The van der Waals surface area contributed by atoms with Crippen molar-refractivity contribution < 1.29 is 13.9 Å². The van der Waals surface area contributed by atoms with Gasteiger partial charge < -0.3 is 4.90 Å².